The zero-order valence-electron chi connectivity index (χ0n) is 17.7. The lowest BCUT2D eigenvalue weighted by Crippen LogP contribution is -2.25. The van der Waals surface area contributed by atoms with Crippen LogP contribution in [0.3, 0.4) is 0 Å². The summed E-state index contributed by atoms with van der Waals surface area (Å²) in [7, 11) is 1.90. The minimum absolute atomic E-state index is 0.0865. The SMILES string of the molecule is COCCn1c(CN(C)[C@H](C)c2ccccc2OC)cnc1S(=O)(=O)CC1CC1. The van der Waals surface area contributed by atoms with Gasteiger partial charge in [-0.2, -0.15) is 0 Å². The van der Waals surface area contributed by atoms with Crippen LogP contribution in [-0.4, -0.2) is 56.5 Å². The van der Waals surface area contributed by atoms with Gasteiger partial charge < -0.3 is 14.0 Å². The van der Waals surface area contributed by atoms with Gasteiger partial charge in [0.2, 0.25) is 15.0 Å². The zero-order chi connectivity index (χ0) is 21.0. The Bertz CT molecular complexity index is 922. The van der Waals surface area contributed by atoms with Crippen LogP contribution in [0.1, 0.15) is 37.1 Å². The van der Waals surface area contributed by atoms with E-state index in [1.54, 1.807) is 25.0 Å². The maximum absolute atomic E-state index is 12.9. The second-order valence-corrected chi connectivity index (χ2v) is 9.66. The van der Waals surface area contributed by atoms with Crippen molar-refractivity contribution in [3.63, 3.8) is 0 Å². The van der Waals surface area contributed by atoms with Crippen LogP contribution in [0.25, 0.3) is 0 Å². The summed E-state index contributed by atoms with van der Waals surface area (Å²) in [6, 6.07) is 8.03. The highest BCUT2D eigenvalue weighted by Crippen LogP contribution is 2.33. The van der Waals surface area contributed by atoms with Crippen LogP contribution < -0.4 is 4.74 Å². The number of hydrogen-bond acceptors (Lipinski definition) is 6. The van der Waals surface area contributed by atoms with Crippen molar-refractivity contribution in [2.24, 2.45) is 5.92 Å². The number of aromatic nitrogens is 2. The van der Waals surface area contributed by atoms with Gasteiger partial charge in [-0.1, -0.05) is 18.2 Å². The zero-order valence-corrected chi connectivity index (χ0v) is 18.5. The molecule has 3 rings (SSSR count). The highest BCUT2D eigenvalue weighted by molar-refractivity contribution is 7.91. The van der Waals surface area contributed by atoms with E-state index in [9.17, 15) is 8.42 Å². The molecule has 0 saturated heterocycles. The van der Waals surface area contributed by atoms with Crippen molar-refractivity contribution < 1.29 is 17.9 Å². The maximum atomic E-state index is 12.9. The van der Waals surface area contributed by atoms with Gasteiger partial charge in [-0.05, 0) is 38.8 Å². The first-order valence-electron chi connectivity index (χ1n) is 9.96. The van der Waals surface area contributed by atoms with Crippen LogP contribution in [0.15, 0.2) is 35.6 Å². The van der Waals surface area contributed by atoms with E-state index >= 15 is 0 Å². The van der Waals surface area contributed by atoms with Gasteiger partial charge in [-0.25, -0.2) is 13.4 Å². The van der Waals surface area contributed by atoms with E-state index in [0.29, 0.717) is 19.7 Å². The lowest BCUT2D eigenvalue weighted by Gasteiger charge is -2.26. The van der Waals surface area contributed by atoms with Crippen molar-refractivity contribution in [1.82, 2.24) is 14.5 Å². The van der Waals surface area contributed by atoms with Crippen molar-refractivity contribution >= 4 is 9.84 Å². The van der Waals surface area contributed by atoms with Crippen molar-refractivity contribution in [3.05, 3.63) is 41.7 Å². The molecular formula is C21H31N3O4S. The molecule has 1 aliphatic rings. The lowest BCUT2D eigenvalue weighted by atomic mass is 10.1. The minimum atomic E-state index is -3.40. The number of nitrogens with zero attached hydrogens (tertiary/aromatic N) is 3. The number of methoxy groups -OCH3 is 2. The Morgan fingerprint density at radius 1 is 1.28 bits per heavy atom. The molecule has 0 bridgehead atoms. The van der Waals surface area contributed by atoms with Crippen LogP contribution in [0, 0.1) is 5.92 Å². The molecule has 0 aliphatic heterocycles. The Balaban J connectivity index is 1.83. The third-order valence-corrected chi connectivity index (χ3v) is 7.30. The van der Waals surface area contributed by atoms with E-state index in [0.717, 1.165) is 29.8 Å². The first-order valence-corrected chi connectivity index (χ1v) is 11.6. The molecule has 7 nitrogen and oxygen atoms in total. The van der Waals surface area contributed by atoms with Gasteiger partial charge in [0.25, 0.3) is 0 Å². The van der Waals surface area contributed by atoms with Crippen molar-refractivity contribution in [2.45, 2.75) is 44.1 Å². The Morgan fingerprint density at radius 3 is 2.66 bits per heavy atom. The van der Waals surface area contributed by atoms with Crippen molar-refractivity contribution in [1.29, 1.82) is 0 Å². The molecule has 1 saturated carbocycles. The molecular weight excluding hydrogens is 390 g/mol. The number of benzene rings is 1. The number of rotatable bonds is 11. The molecule has 1 aromatic heterocycles. The first-order chi connectivity index (χ1) is 13.9. The van der Waals surface area contributed by atoms with Crippen LogP contribution in [0.2, 0.25) is 0 Å². The van der Waals surface area contributed by atoms with E-state index in [4.69, 9.17) is 9.47 Å². The lowest BCUT2D eigenvalue weighted by molar-refractivity contribution is 0.180. The Hall–Kier alpha value is -1.90. The number of ether oxygens (including phenoxy) is 2. The molecule has 1 aromatic carbocycles. The highest BCUT2D eigenvalue weighted by Gasteiger charge is 2.32. The van der Waals surface area contributed by atoms with Crippen LogP contribution in [0.5, 0.6) is 5.75 Å². The molecule has 0 spiro atoms. The van der Waals surface area contributed by atoms with Gasteiger partial charge >= 0.3 is 0 Å². The molecule has 0 unspecified atom stereocenters. The fourth-order valence-electron chi connectivity index (χ4n) is 3.50. The average molecular weight is 422 g/mol. The van der Waals surface area contributed by atoms with Crippen molar-refractivity contribution in [2.75, 3.05) is 33.6 Å². The molecule has 2 aromatic rings. The second kappa shape index (κ2) is 9.28. The fourth-order valence-corrected chi connectivity index (χ4v) is 5.36. The standard InChI is InChI=1S/C21H31N3O4S/c1-16(19-7-5-6-8-20(19)28-4)23(2)14-18-13-22-21(24(18)11-12-27-3)29(25,26)15-17-9-10-17/h5-8,13,16-17H,9-12,14-15H2,1-4H3/t16-/m1/s1. The summed E-state index contributed by atoms with van der Waals surface area (Å²) in [4.78, 5) is 6.47. The molecule has 0 radical (unpaired) electrons. The monoisotopic (exact) mass is 421 g/mol. The minimum Gasteiger partial charge on any atom is -0.496 e. The molecule has 1 atom stereocenters. The maximum Gasteiger partial charge on any atom is 0.227 e. The van der Waals surface area contributed by atoms with E-state index in [1.807, 2.05) is 31.3 Å². The molecule has 0 amide bonds. The molecule has 0 N–H and O–H groups in total. The third kappa shape index (κ3) is 5.18. The smallest absolute Gasteiger partial charge is 0.227 e. The predicted octanol–water partition coefficient (Wildman–Crippen LogP) is 2.91. The fraction of sp³-hybridized carbons (Fsp3) is 0.571. The second-order valence-electron chi connectivity index (χ2n) is 7.73. The summed E-state index contributed by atoms with van der Waals surface area (Å²) < 4.78 is 38.2. The summed E-state index contributed by atoms with van der Waals surface area (Å²) in [5, 5.41) is 0.162. The van der Waals surface area contributed by atoms with Gasteiger partial charge in [0.1, 0.15) is 5.75 Å². The normalized spacial score (nSPS) is 15.6. The van der Waals surface area contributed by atoms with Gasteiger partial charge in [-0.3, -0.25) is 4.90 Å². The van der Waals surface area contributed by atoms with E-state index in [2.05, 4.69) is 16.8 Å². The summed E-state index contributed by atoms with van der Waals surface area (Å²) in [5.74, 6) is 1.31. The largest absolute Gasteiger partial charge is 0.496 e. The van der Waals surface area contributed by atoms with Crippen LogP contribution in [-0.2, 0) is 27.7 Å². The van der Waals surface area contributed by atoms with E-state index < -0.39 is 9.84 Å². The summed E-state index contributed by atoms with van der Waals surface area (Å²) >= 11 is 0. The number of para-hydroxylation sites is 1. The number of sulfone groups is 1. The molecule has 1 fully saturated rings. The van der Waals surface area contributed by atoms with Crippen LogP contribution >= 0.6 is 0 Å². The topological polar surface area (TPSA) is 73.7 Å². The third-order valence-electron chi connectivity index (χ3n) is 5.51. The van der Waals surface area contributed by atoms with E-state index in [1.165, 1.54) is 0 Å². The van der Waals surface area contributed by atoms with Crippen LogP contribution in [0.4, 0.5) is 0 Å². The average Bonchev–Trinajstić information content (AvgIpc) is 3.42. The molecule has 1 heterocycles. The first kappa shape index (κ1) is 21.8. The summed E-state index contributed by atoms with van der Waals surface area (Å²) in [5.41, 5.74) is 1.95. The Labute approximate surface area is 173 Å². The van der Waals surface area contributed by atoms with Gasteiger partial charge in [-0.15, -0.1) is 0 Å². The van der Waals surface area contributed by atoms with Gasteiger partial charge in [0.05, 0.1) is 31.4 Å². The Morgan fingerprint density at radius 2 is 2.00 bits per heavy atom. The highest BCUT2D eigenvalue weighted by atomic mass is 32.2. The number of hydrogen-bond donors (Lipinski definition) is 0. The quantitative estimate of drug-likeness (QED) is 0.555. The van der Waals surface area contributed by atoms with Crippen molar-refractivity contribution in [3.8, 4) is 5.75 Å². The molecule has 1 aliphatic carbocycles. The van der Waals surface area contributed by atoms with Gasteiger partial charge in [0, 0.05) is 31.8 Å². The van der Waals surface area contributed by atoms with E-state index in [-0.39, 0.29) is 22.9 Å². The summed E-state index contributed by atoms with van der Waals surface area (Å²) in [6.45, 7) is 3.57. The molecule has 160 valence electrons. The Kier molecular flexibility index (Phi) is 6.97. The molecule has 8 heteroatoms. The number of imidazole rings is 1. The van der Waals surface area contributed by atoms with Gasteiger partial charge in [0.15, 0.2) is 0 Å². The summed E-state index contributed by atoms with van der Waals surface area (Å²) in [6.07, 6.45) is 3.66. The predicted molar refractivity (Wildman–Crippen MR) is 112 cm³/mol. The molecule has 29 heavy (non-hydrogen) atoms.